The Kier molecular flexibility index (Phi) is 16.8. The first-order chi connectivity index (χ1) is 25.5. The van der Waals surface area contributed by atoms with E-state index in [1.54, 1.807) is 0 Å². The van der Waals surface area contributed by atoms with Crippen LogP contribution in [0.3, 0.4) is 0 Å². The number of hydrogen-bond acceptors (Lipinski definition) is 0. The van der Waals surface area contributed by atoms with Gasteiger partial charge in [-0.25, -0.2) is 12.2 Å². The Bertz CT molecular complexity index is 1980. The van der Waals surface area contributed by atoms with Crippen molar-refractivity contribution in [3.63, 3.8) is 0 Å². The fraction of sp³-hybridized carbons (Fsp3) is 0.408. The minimum absolute atomic E-state index is 0. The number of alkyl halides is 6. The molecule has 0 atom stereocenters. The van der Waals surface area contributed by atoms with Crippen LogP contribution in [-0.2, 0) is 64.7 Å². The maximum absolute atomic E-state index is 12.7. The first-order valence-electron chi connectivity index (χ1n) is 18.9. The van der Waals surface area contributed by atoms with E-state index in [4.69, 9.17) is 0 Å². The van der Waals surface area contributed by atoms with Crippen molar-refractivity contribution >= 4 is 28.0 Å². The van der Waals surface area contributed by atoms with Crippen LogP contribution in [0.25, 0.3) is 11.1 Å². The van der Waals surface area contributed by atoms with Gasteiger partial charge in [0.25, 0.3) is 0 Å². The largest absolute Gasteiger partial charge is 0.273 e. The molecule has 0 saturated carbocycles. The molecule has 2 aliphatic carbocycles. The zero-order valence-electron chi connectivity index (χ0n) is 35.6. The first kappa shape index (κ1) is 51.4. The van der Waals surface area contributed by atoms with Gasteiger partial charge in [-0.1, -0.05) is 106 Å². The van der Waals surface area contributed by atoms with Gasteiger partial charge < -0.3 is 0 Å². The molecule has 0 aromatic heterocycles. The van der Waals surface area contributed by atoms with Gasteiger partial charge in [0.05, 0.1) is 0 Å². The van der Waals surface area contributed by atoms with Crippen LogP contribution in [0.2, 0.25) is 0 Å². The Hall–Kier alpha value is -2.73. The molecule has 0 aliphatic heterocycles. The van der Waals surface area contributed by atoms with E-state index in [2.05, 4.69) is 120 Å². The average Bonchev–Trinajstić information content (AvgIpc) is 3.77. The SMILES string of the molecule is CC(C)(C)c1[c-]c2c(cc1C(C)(C)C)-c1cc(C(C)(C)C)c(C(C)(C)C)cc1C2.Cl.Cl.FC(F)(F)c1cccc([C](=[Zr+2])c2cccc(C(F)(F)F)c2)c1.[C-]1=CC=CC1. The van der Waals surface area contributed by atoms with E-state index in [-0.39, 0.29) is 57.6 Å². The molecule has 0 N–H and O–H groups in total. The molecule has 312 valence electrons. The van der Waals surface area contributed by atoms with E-state index < -0.39 is 23.5 Å². The average molecular weight is 921 g/mol. The Morgan fingerprint density at radius 1 is 0.569 bits per heavy atom. The summed E-state index contributed by atoms with van der Waals surface area (Å²) in [5.74, 6) is 0. The molecular formula is C49H56Cl2F6Zr. The summed E-state index contributed by atoms with van der Waals surface area (Å²) in [4.78, 5) is 0. The topological polar surface area (TPSA) is 0 Å². The van der Waals surface area contributed by atoms with Crippen molar-refractivity contribution in [3.8, 4) is 11.1 Å². The molecule has 0 saturated heterocycles. The molecule has 0 radical (unpaired) electrons. The molecule has 9 heteroatoms. The van der Waals surface area contributed by atoms with E-state index >= 15 is 0 Å². The van der Waals surface area contributed by atoms with Crippen LogP contribution in [0.4, 0.5) is 26.3 Å². The smallest absolute Gasteiger partial charge is 0.109 e. The summed E-state index contributed by atoms with van der Waals surface area (Å²) in [5, 5.41) is 0. The fourth-order valence-corrected chi connectivity index (χ4v) is 7.60. The third-order valence-corrected chi connectivity index (χ3v) is 11.2. The van der Waals surface area contributed by atoms with E-state index in [0.717, 1.165) is 61.3 Å². The molecule has 0 nitrogen and oxygen atoms in total. The molecule has 4 aromatic rings. The van der Waals surface area contributed by atoms with Crippen molar-refractivity contribution in [2.45, 2.75) is 130 Å². The monoisotopic (exact) mass is 918 g/mol. The Balaban J connectivity index is 0.000000354. The number of benzene rings is 4. The summed E-state index contributed by atoms with van der Waals surface area (Å²) in [6.07, 6.45) is 2.03. The quantitative estimate of drug-likeness (QED) is 0.122. The zero-order chi connectivity index (χ0) is 42.2. The van der Waals surface area contributed by atoms with Gasteiger partial charge in [0.2, 0.25) is 0 Å². The van der Waals surface area contributed by atoms with Gasteiger partial charge in [-0.15, -0.1) is 47.9 Å². The van der Waals surface area contributed by atoms with Gasteiger partial charge >= 0.3 is 137 Å². The summed E-state index contributed by atoms with van der Waals surface area (Å²) >= 11 is 0.729. The van der Waals surface area contributed by atoms with Crippen LogP contribution in [0, 0.1) is 12.1 Å². The molecule has 0 fully saturated rings. The molecule has 2 aliphatic rings. The van der Waals surface area contributed by atoms with Gasteiger partial charge in [-0.2, -0.15) is 23.8 Å². The van der Waals surface area contributed by atoms with Crippen molar-refractivity contribution in [1.29, 1.82) is 0 Å². The second kappa shape index (κ2) is 18.9. The zero-order valence-corrected chi connectivity index (χ0v) is 39.7. The molecule has 6 rings (SSSR count). The van der Waals surface area contributed by atoms with Gasteiger partial charge in [0.15, 0.2) is 0 Å². The maximum Gasteiger partial charge on any atom is -0.109 e. The molecule has 58 heavy (non-hydrogen) atoms. The number of allylic oxidation sites excluding steroid dienone is 4. The second-order valence-corrected chi connectivity index (χ2v) is 19.9. The molecule has 0 amide bonds. The summed E-state index contributed by atoms with van der Waals surface area (Å²) < 4.78 is 76.7. The van der Waals surface area contributed by atoms with Crippen molar-refractivity contribution in [2.75, 3.05) is 0 Å². The van der Waals surface area contributed by atoms with Crippen molar-refractivity contribution in [1.82, 2.24) is 0 Å². The summed E-state index contributed by atoms with van der Waals surface area (Å²) in [6.45, 7) is 28.0. The van der Waals surface area contributed by atoms with Crippen LogP contribution >= 0.6 is 24.8 Å². The first-order valence-corrected chi connectivity index (χ1v) is 20.2. The van der Waals surface area contributed by atoms with Crippen LogP contribution in [0.15, 0.2) is 85.0 Å². The minimum atomic E-state index is -4.49. The summed E-state index contributed by atoms with van der Waals surface area (Å²) in [7, 11) is 0. The molecule has 0 heterocycles. The third-order valence-electron chi connectivity index (χ3n) is 9.78. The fourth-order valence-electron chi connectivity index (χ4n) is 6.83. The molecule has 0 bridgehead atoms. The van der Waals surface area contributed by atoms with Crippen LogP contribution in [-0.4, -0.2) is 3.21 Å². The van der Waals surface area contributed by atoms with Gasteiger partial charge in [-0.3, -0.25) is 6.08 Å². The van der Waals surface area contributed by atoms with Crippen LogP contribution in [0.5, 0.6) is 0 Å². The van der Waals surface area contributed by atoms with Crippen LogP contribution < -0.4 is 0 Å². The maximum atomic E-state index is 12.7. The molecular weight excluding hydrogens is 865 g/mol. The van der Waals surface area contributed by atoms with Crippen LogP contribution in [0.1, 0.15) is 145 Å². The number of rotatable bonds is 2. The van der Waals surface area contributed by atoms with E-state index in [0.29, 0.717) is 3.21 Å². The van der Waals surface area contributed by atoms with Crippen molar-refractivity contribution < 1.29 is 50.6 Å². The summed E-state index contributed by atoms with van der Waals surface area (Å²) in [5.41, 5.74) is 10.8. The predicted octanol–water partition coefficient (Wildman–Crippen LogP) is 15.2. The van der Waals surface area contributed by atoms with Crippen molar-refractivity contribution in [2.24, 2.45) is 0 Å². The number of halogens is 8. The Labute approximate surface area is 370 Å². The van der Waals surface area contributed by atoms with Gasteiger partial charge in [-0.05, 0) is 39.4 Å². The molecule has 0 unspecified atom stereocenters. The summed E-state index contributed by atoms with van der Waals surface area (Å²) in [6, 6.07) is 20.6. The van der Waals surface area contributed by atoms with Gasteiger partial charge in [0.1, 0.15) is 0 Å². The second-order valence-electron chi connectivity index (χ2n) is 18.7. The van der Waals surface area contributed by atoms with E-state index in [1.165, 1.54) is 68.8 Å². The number of hydrogen-bond donors (Lipinski definition) is 0. The molecule has 0 spiro atoms. The number of fused-ring (bicyclic) bond motifs is 3. The molecule has 4 aromatic carbocycles. The third kappa shape index (κ3) is 12.9. The predicted molar refractivity (Wildman–Crippen MR) is 230 cm³/mol. The Morgan fingerprint density at radius 2 is 1.02 bits per heavy atom. The minimum Gasteiger partial charge on any atom is -0.273 e. The standard InChI is InChI=1S/C29H41.C15H8F6.C5H5.2ClH.Zr/c1-26(2,3)22-14-18-13-19-15-23(27(4,5)6)25(29(10,11)12)17-21(19)20(18)16-24(22)28(7,8)9;16-14(17,18)12-5-1-3-10(8-12)7-11-4-2-6-13(9-11)15(19,20)21;1-2-4-5-3-1;;;/h14,16-17H,13H2,1-12H3;1-6,8-9H;1-3H,4H2;2*1H;/q-1;;-1;;;+2. The van der Waals surface area contributed by atoms with E-state index in [1.807, 2.05) is 12.2 Å². The van der Waals surface area contributed by atoms with Crippen molar-refractivity contribution in [3.05, 3.63) is 153 Å². The van der Waals surface area contributed by atoms with E-state index in [9.17, 15) is 26.3 Å². The normalized spacial score (nSPS) is 13.6. The van der Waals surface area contributed by atoms with Gasteiger partial charge in [0, 0.05) is 0 Å². The Morgan fingerprint density at radius 3 is 1.38 bits per heavy atom.